The predicted octanol–water partition coefficient (Wildman–Crippen LogP) is 2.21. The molecule has 0 bridgehead atoms. The van der Waals surface area contributed by atoms with E-state index < -0.39 is 0 Å². The molecule has 0 amide bonds. The molecule has 3 rings (SSSR count). The monoisotopic (exact) mass is 271 g/mol. The number of nitrogens with zero attached hydrogens (tertiary/aromatic N) is 4. The van der Waals surface area contributed by atoms with Crippen molar-refractivity contribution >= 4 is 0 Å². The van der Waals surface area contributed by atoms with Crippen LogP contribution >= 0.6 is 0 Å². The third-order valence-corrected chi connectivity index (χ3v) is 3.64. The summed E-state index contributed by atoms with van der Waals surface area (Å²) in [6.45, 7) is 7.36. The van der Waals surface area contributed by atoms with Crippen molar-refractivity contribution in [2.24, 2.45) is 0 Å². The van der Waals surface area contributed by atoms with Gasteiger partial charge in [-0.25, -0.2) is 0 Å². The summed E-state index contributed by atoms with van der Waals surface area (Å²) < 4.78 is 1.81. The zero-order chi connectivity index (χ0) is 14.2. The van der Waals surface area contributed by atoms with Crippen LogP contribution in [0, 0.1) is 0 Å². The lowest BCUT2D eigenvalue weighted by molar-refractivity contribution is 0.589. The number of rotatable bonds is 4. The van der Waals surface area contributed by atoms with Gasteiger partial charge < -0.3 is 5.32 Å². The molecule has 0 radical (unpaired) electrons. The van der Waals surface area contributed by atoms with E-state index in [1.165, 1.54) is 18.4 Å². The lowest BCUT2D eigenvalue weighted by Crippen LogP contribution is -2.19. The fourth-order valence-corrected chi connectivity index (χ4v) is 2.14. The number of nitrogens with one attached hydrogen (secondary N) is 1. The number of tetrazole rings is 1. The van der Waals surface area contributed by atoms with Crippen LogP contribution in [0.1, 0.15) is 45.0 Å². The summed E-state index contributed by atoms with van der Waals surface area (Å²) in [5.41, 5.74) is 2.48. The molecule has 0 aliphatic heterocycles. The highest BCUT2D eigenvalue weighted by Crippen LogP contribution is 2.23. The molecule has 1 heterocycles. The van der Waals surface area contributed by atoms with Gasteiger partial charge in [0.25, 0.3) is 0 Å². The van der Waals surface area contributed by atoms with Crippen molar-refractivity contribution in [1.29, 1.82) is 0 Å². The zero-order valence-corrected chi connectivity index (χ0v) is 12.3. The second-order valence-corrected chi connectivity index (χ2v) is 6.46. The van der Waals surface area contributed by atoms with Gasteiger partial charge in [-0.3, -0.25) is 0 Å². The van der Waals surface area contributed by atoms with Crippen LogP contribution in [-0.2, 0) is 12.0 Å². The minimum atomic E-state index is 0.162. The molecule has 0 atom stereocenters. The fourth-order valence-electron chi connectivity index (χ4n) is 2.14. The van der Waals surface area contributed by atoms with Crippen molar-refractivity contribution in [3.63, 3.8) is 0 Å². The summed E-state index contributed by atoms with van der Waals surface area (Å²) in [6.07, 6.45) is 2.53. The Morgan fingerprint density at radius 3 is 2.50 bits per heavy atom. The van der Waals surface area contributed by atoms with Gasteiger partial charge >= 0.3 is 0 Å². The van der Waals surface area contributed by atoms with E-state index in [1.54, 1.807) is 0 Å². The van der Waals surface area contributed by atoms with Crippen LogP contribution < -0.4 is 5.32 Å². The van der Waals surface area contributed by atoms with Crippen LogP contribution in [0.2, 0.25) is 0 Å². The Morgan fingerprint density at radius 1 is 1.20 bits per heavy atom. The molecule has 1 aliphatic rings. The Hall–Kier alpha value is -1.75. The first-order valence-electron chi connectivity index (χ1n) is 7.15. The summed E-state index contributed by atoms with van der Waals surface area (Å²) in [5.74, 6) is 0.861. The standard InChI is InChI=1S/C15H21N5/c1-15(2,3)11-4-8-13(9-5-11)20-14(17-18-19-20)10-16-12-6-7-12/h4-5,8-9,12,16H,6-7,10H2,1-3H3. The predicted molar refractivity (Wildman–Crippen MR) is 77.7 cm³/mol. The third-order valence-electron chi connectivity index (χ3n) is 3.64. The van der Waals surface area contributed by atoms with Crippen molar-refractivity contribution in [3.8, 4) is 5.69 Å². The molecule has 0 spiro atoms. The van der Waals surface area contributed by atoms with Crippen LogP contribution in [-0.4, -0.2) is 26.2 Å². The topological polar surface area (TPSA) is 55.6 Å². The van der Waals surface area contributed by atoms with E-state index >= 15 is 0 Å². The Morgan fingerprint density at radius 2 is 1.90 bits per heavy atom. The molecule has 1 aromatic carbocycles. The minimum absolute atomic E-state index is 0.162. The zero-order valence-electron chi connectivity index (χ0n) is 12.3. The van der Waals surface area contributed by atoms with Gasteiger partial charge in [0.1, 0.15) is 0 Å². The SMILES string of the molecule is CC(C)(C)c1ccc(-n2nnnc2CNC2CC2)cc1. The highest BCUT2D eigenvalue weighted by Gasteiger charge is 2.21. The van der Waals surface area contributed by atoms with Crippen molar-refractivity contribution in [3.05, 3.63) is 35.7 Å². The molecule has 0 saturated heterocycles. The van der Waals surface area contributed by atoms with Crippen LogP contribution in [0.25, 0.3) is 5.69 Å². The summed E-state index contributed by atoms with van der Waals surface area (Å²) in [7, 11) is 0. The number of benzene rings is 1. The first kappa shape index (κ1) is 13.2. The Bertz CT molecular complexity index is 575. The van der Waals surface area contributed by atoms with Gasteiger partial charge in [0, 0.05) is 6.04 Å². The van der Waals surface area contributed by atoms with E-state index in [0.717, 1.165) is 18.1 Å². The number of hydrogen-bond acceptors (Lipinski definition) is 4. The third kappa shape index (κ3) is 2.88. The first-order valence-corrected chi connectivity index (χ1v) is 7.15. The van der Waals surface area contributed by atoms with E-state index in [2.05, 4.69) is 65.9 Å². The second-order valence-electron chi connectivity index (χ2n) is 6.46. The highest BCUT2D eigenvalue weighted by molar-refractivity contribution is 5.36. The van der Waals surface area contributed by atoms with Crippen LogP contribution in [0.15, 0.2) is 24.3 Å². The average Bonchev–Trinajstić information content (AvgIpc) is 3.12. The van der Waals surface area contributed by atoms with Gasteiger partial charge in [0.15, 0.2) is 5.82 Å². The summed E-state index contributed by atoms with van der Waals surface area (Å²) >= 11 is 0. The summed E-state index contributed by atoms with van der Waals surface area (Å²) in [6, 6.07) is 9.11. The van der Waals surface area contributed by atoms with Gasteiger partial charge in [0.2, 0.25) is 0 Å². The summed E-state index contributed by atoms with van der Waals surface area (Å²) in [4.78, 5) is 0. The summed E-state index contributed by atoms with van der Waals surface area (Å²) in [5, 5.41) is 15.4. The average molecular weight is 271 g/mol. The van der Waals surface area contributed by atoms with Gasteiger partial charge in [0.05, 0.1) is 12.2 Å². The minimum Gasteiger partial charge on any atom is -0.307 e. The Labute approximate surface area is 119 Å². The first-order chi connectivity index (χ1) is 9.54. The second kappa shape index (κ2) is 4.98. The van der Waals surface area contributed by atoms with Crippen molar-refractivity contribution in [2.45, 2.75) is 51.6 Å². The maximum Gasteiger partial charge on any atom is 0.170 e. The van der Waals surface area contributed by atoms with Gasteiger partial charge in [-0.15, -0.1) is 5.10 Å². The van der Waals surface area contributed by atoms with E-state index in [9.17, 15) is 0 Å². The molecule has 2 aromatic rings. The van der Waals surface area contributed by atoms with E-state index in [-0.39, 0.29) is 5.41 Å². The lowest BCUT2D eigenvalue weighted by Gasteiger charge is -2.19. The fraction of sp³-hybridized carbons (Fsp3) is 0.533. The van der Waals surface area contributed by atoms with Crippen LogP contribution in [0.4, 0.5) is 0 Å². The van der Waals surface area contributed by atoms with E-state index in [4.69, 9.17) is 0 Å². The normalized spacial score (nSPS) is 15.6. The highest BCUT2D eigenvalue weighted by atomic mass is 15.5. The molecule has 0 unspecified atom stereocenters. The van der Waals surface area contributed by atoms with Crippen molar-refractivity contribution < 1.29 is 0 Å². The Kier molecular flexibility index (Phi) is 3.30. The molecule has 1 aliphatic carbocycles. The number of aromatic nitrogens is 4. The van der Waals surface area contributed by atoms with Crippen LogP contribution in [0.5, 0.6) is 0 Å². The molecular weight excluding hydrogens is 250 g/mol. The van der Waals surface area contributed by atoms with Gasteiger partial charge in [-0.2, -0.15) is 4.68 Å². The maximum absolute atomic E-state index is 4.10. The Balaban J connectivity index is 1.79. The van der Waals surface area contributed by atoms with Crippen molar-refractivity contribution in [1.82, 2.24) is 25.5 Å². The smallest absolute Gasteiger partial charge is 0.170 e. The van der Waals surface area contributed by atoms with Crippen molar-refractivity contribution in [2.75, 3.05) is 0 Å². The van der Waals surface area contributed by atoms with Crippen LogP contribution in [0.3, 0.4) is 0 Å². The molecule has 5 nitrogen and oxygen atoms in total. The molecule has 1 fully saturated rings. The maximum atomic E-state index is 4.10. The number of hydrogen-bond donors (Lipinski definition) is 1. The molecule has 106 valence electrons. The lowest BCUT2D eigenvalue weighted by atomic mass is 9.87. The van der Waals surface area contributed by atoms with Gasteiger partial charge in [-0.05, 0) is 46.4 Å². The quantitative estimate of drug-likeness (QED) is 0.926. The molecule has 5 heteroatoms. The molecule has 1 saturated carbocycles. The van der Waals surface area contributed by atoms with E-state index in [1.807, 2.05) is 4.68 Å². The molecule has 1 aromatic heterocycles. The van der Waals surface area contributed by atoms with Gasteiger partial charge in [-0.1, -0.05) is 32.9 Å². The largest absolute Gasteiger partial charge is 0.307 e. The molecule has 1 N–H and O–H groups in total. The molecular formula is C15H21N5. The van der Waals surface area contributed by atoms with E-state index in [0.29, 0.717) is 6.04 Å². The molecule has 20 heavy (non-hydrogen) atoms.